The molecule has 0 aromatic carbocycles. The molecule has 2 saturated carbocycles. The van der Waals surface area contributed by atoms with Crippen molar-refractivity contribution in [2.45, 2.75) is 51.5 Å². The van der Waals surface area contributed by atoms with Crippen molar-refractivity contribution >= 4 is 11.6 Å². The van der Waals surface area contributed by atoms with Crippen molar-refractivity contribution in [3.8, 4) is 0 Å². The van der Waals surface area contributed by atoms with Gasteiger partial charge in [0, 0.05) is 12.5 Å². The van der Waals surface area contributed by atoms with E-state index in [9.17, 15) is 0 Å². The molecule has 0 aliphatic heterocycles. The van der Waals surface area contributed by atoms with Crippen LogP contribution in [-0.4, -0.2) is 14.8 Å². The van der Waals surface area contributed by atoms with Crippen LogP contribution < -0.4 is 0 Å². The first-order valence-corrected chi connectivity index (χ1v) is 6.24. The van der Waals surface area contributed by atoms with Crippen molar-refractivity contribution in [3.05, 3.63) is 11.1 Å². The van der Waals surface area contributed by atoms with Crippen LogP contribution in [0.25, 0.3) is 0 Å². The maximum Gasteiger partial charge on any atom is 0.225 e. The van der Waals surface area contributed by atoms with Gasteiger partial charge in [-0.05, 0) is 36.3 Å². The Hall–Kier alpha value is -0.570. The van der Waals surface area contributed by atoms with E-state index in [2.05, 4.69) is 21.7 Å². The van der Waals surface area contributed by atoms with Gasteiger partial charge in [0.15, 0.2) is 0 Å². The van der Waals surface area contributed by atoms with Crippen LogP contribution in [-0.2, 0) is 6.42 Å². The molecule has 0 bridgehead atoms. The second-order valence-corrected chi connectivity index (χ2v) is 5.24. The van der Waals surface area contributed by atoms with E-state index < -0.39 is 0 Å². The van der Waals surface area contributed by atoms with E-state index in [4.69, 9.17) is 11.6 Å². The van der Waals surface area contributed by atoms with Crippen LogP contribution >= 0.6 is 11.6 Å². The first kappa shape index (κ1) is 9.64. The van der Waals surface area contributed by atoms with Gasteiger partial charge in [-0.3, -0.25) is 4.57 Å². The van der Waals surface area contributed by atoms with Gasteiger partial charge in [0.25, 0.3) is 0 Å². The first-order valence-electron chi connectivity index (χ1n) is 5.86. The molecule has 15 heavy (non-hydrogen) atoms. The molecule has 4 heteroatoms. The van der Waals surface area contributed by atoms with E-state index in [1.54, 1.807) is 0 Å². The Bertz CT molecular complexity index is 379. The molecular weight excluding hydrogens is 210 g/mol. The molecule has 1 atom stereocenters. The summed E-state index contributed by atoms with van der Waals surface area (Å²) in [5.41, 5.74) is 0.565. The van der Waals surface area contributed by atoms with Crippen LogP contribution in [0.2, 0.25) is 5.28 Å². The molecule has 1 unspecified atom stereocenters. The molecule has 0 amide bonds. The predicted molar refractivity (Wildman–Crippen MR) is 59.0 cm³/mol. The van der Waals surface area contributed by atoms with Crippen LogP contribution in [0.3, 0.4) is 0 Å². The lowest BCUT2D eigenvalue weighted by Gasteiger charge is -2.11. The molecule has 3 rings (SSSR count). The topological polar surface area (TPSA) is 30.7 Å². The molecule has 1 aromatic rings. The molecule has 0 radical (unpaired) electrons. The summed E-state index contributed by atoms with van der Waals surface area (Å²) in [6, 6.07) is 0.595. The molecule has 2 aliphatic rings. The molecular formula is C11H16ClN3. The van der Waals surface area contributed by atoms with Gasteiger partial charge < -0.3 is 0 Å². The Morgan fingerprint density at radius 2 is 2.13 bits per heavy atom. The van der Waals surface area contributed by atoms with E-state index in [1.807, 2.05) is 0 Å². The second kappa shape index (κ2) is 3.21. The summed E-state index contributed by atoms with van der Waals surface area (Å²) in [6.45, 7) is 2.11. The van der Waals surface area contributed by atoms with Crippen LogP contribution in [0.1, 0.15) is 50.9 Å². The van der Waals surface area contributed by atoms with E-state index in [0.29, 0.717) is 16.7 Å². The van der Waals surface area contributed by atoms with Gasteiger partial charge in [-0.1, -0.05) is 19.8 Å². The third-order valence-corrected chi connectivity index (χ3v) is 4.36. The minimum Gasteiger partial charge on any atom is -0.298 e. The molecule has 0 saturated heterocycles. The highest BCUT2D eigenvalue weighted by Crippen LogP contribution is 2.66. The molecule has 3 nitrogen and oxygen atoms in total. The number of hydrogen-bond donors (Lipinski definition) is 0. The largest absolute Gasteiger partial charge is 0.298 e. The average molecular weight is 226 g/mol. The molecule has 82 valence electrons. The van der Waals surface area contributed by atoms with Crippen molar-refractivity contribution in [2.75, 3.05) is 0 Å². The van der Waals surface area contributed by atoms with Gasteiger partial charge in [0.2, 0.25) is 5.28 Å². The monoisotopic (exact) mass is 225 g/mol. The fourth-order valence-corrected chi connectivity index (χ4v) is 3.41. The predicted octanol–water partition coefficient (Wildman–Crippen LogP) is 3.00. The maximum atomic E-state index is 6.11. The number of halogens is 1. The highest BCUT2D eigenvalue weighted by Gasteiger charge is 2.57. The first-order chi connectivity index (χ1) is 7.27. The molecule has 2 aliphatic carbocycles. The fourth-order valence-electron chi connectivity index (χ4n) is 3.16. The average Bonchev–Trinajstić information content (AvgIpc) is 2.62. The van der Waals surface area contributed by atoms with Crippen LogP contribution in [0.15, 0.2) is 0 Å². The van der Waals surface area contributed by atoms with Gasteiger partial charge in [-0.2, -0.15) is 0 Å². The number of aromatic nitrogens is 3. The molecule has 1 spiro atoms. The lowest BCUT2D eigenvalue weighted by molar-refractivity contribution is 0.455. The summed E-state index contributed by atoms with van der Waals surface area (Å²) in [5.74, 6) is 1.05. The highest BCUT2D eigenvalue weighted by molar-refractivity contribution is 6.28. The van der Waals surface area contributed by atoms with Crippen LogP contribution in [0, 0.1) is 5.41 Å². The number of rotatable bonds is 2. The SMILES string of the molecule is CCc1nnc(Cl)n1C1CC12CCCC2. The third kappa shape index (κ3) is 1.32. The lowest BCUT2D eigenvalue weighted by atomic mass is 10.1. The normalized spacial score (nSPS) is 27.5. The Morgan fingerprint density at radius 1 is 1.40 bits per heavy atom. The lowest BCUT2D eigenvalue weighted by Crippen LogP contribution is -2.07. The molecule has 0 N–H and O–H groups in total. The number of nitrogens with zero attached hydrogens (tertiary/aromatic N) is 3. The summed E-state index contributed by atoms with van der Waals surface area (Å²) >= 11 is 6.11. The van der Waals surface area contributed by atoms with Gasteiger partial charge >= 0.3 is 0 Å². The number of aryl methyl sites for hydroxylation is 1. The quantitative estimate of drug-likeness (QED) is 0.775. The second-order valence-electron chi connectivity index (χ2n) is 4.90. The van der Waals surface area contributed by atoms with Gasteiger partial charge in [0.05, 0.1) is 0 Å². The smallest absolute Gasteiger partial charge is 0.225 e. The van der Waals surface area contributed by atoms with Crippen molar-refractivity contribution in [3.63, 3.8) is 0 Å². The van der Waals surface area contributed by atoms with Crippen molar-refractivity contribution in [1.82, 2.24) is 14.8 Å². The highest BCUT2D eigenvalue weighted by atomic mass is 35.5. The Kier molecular flexibility index (Phi) is 2.06. The number of hydrogen-bond acceptors (Lipinski definition) is 2. The van der Waals surface area contributed by atoms with Gasteiger partial charge in [-0.25, -0.2) is 0 Å². The molecule has 2 fully saturated rings. The summed E-state index contributed by atoms with van der Waals surface area (Å²) < 4.78 is 2.17. The minimum atomic E-state index is 0.565. The Labute approximate surface area is 94.8 Å². The van der Waals surface area contributed by atoms with E-state index in [-0.39, 0.29) is 0 Å². The summed E-state index contributed by atoms with van der Waals surface area (Å²) in [7, 11) is 0. The van der Waals surface area contributed by atoms with E-state index in [1.165, 1.54) is 32.1 Å². The van der Waals surface area contributed by atoms with Gasteiger partial charge in [-0.15, -0.1) is 10.2 Å². The zero-order chi connectivity index (χ0) is 10.5. The fraction of sp³-hybridized carbons (Fsp3) is 0.818. The van der Waals surface area contributed by atoms with E-state index >= 15 is 0 Å². The standard InChI is InChI=1S/C11H16ClN3/c1-2-9-13-14-10(12)15(9)8-7-11(8)5-3-4-6-11/h8H,2-7H2,1H3. The van der Waals surface area contributed by atoms with Crippen LogP contribution in [0.4, 0.5) is 0 Å². The maximum absolute atomic E-state index is 6.11. The zero-order valence-electron chi connectivity index (χ0n) is 9.04. The Balaban J connectivity index is 1.91. The van der Waals surface area contributed by atoms with E-state index in [0.717, 1.165) is 12.2 Å². The zero-order valence-corrected chi connectivity index (χ0v) is 9.80. The third-order valence-electron chi connectivity index (χ3n) is 4.10. The minimum absolute atomic E-state index is 0.565. The van der Waals surface area contributed by atoms with Crippen molar-refractivity contribution < 1.29 is 0 Å². The summed E-state index contributed by atoms with van der Waals surface area (Å²) in [5, 5.41) is 8.70. The molecule has 1 aromatic heterocycles. The van der Waals surface area contributed by atoms with Crippen molar-refractivity contribution in [1.29, 1.82) is 0 Å². The summed E-state index contributed by atoms with van der Waals surface area (Å²) in [6.07, 6.45) is 7.73. The van der Waals surface area contributed by atoms with Crippen LogP contribution in [0.5, 0.6) is 0 Å². The molecule has 1 heterocycles. The van der Waals surface area contributed by atoms with Crippen molar-refractivity contribution in [2.24, 2.45) is 5.41 Å². The summed E-state index contributed by atoms with van der Waals surface area (Å²) in [4.78, 5) is 0. The Morgan fingerprint density at radius 3 is 2.80 bits per heavy atom. The van der Waals surface area contributed by atoms with Gasteiger partial charge in [0.1, 0.15) is 5.82 Å².